The number of pyridine rings is 6. The number of rotatable bonds is 20. The highest BCUT2D eigenvalue weighted by Gasteiger charge is 2.36. The summed E-state index contributed by atoms with van der Waals surface area (Å²) < 4.78 is 95.2. The topological polar surface area (TPSA) is 286 Å². The van der Waals surface area contributed by atoms with Crippen molar-refractivity contribution in [2.45, 2.75) is 36.6 Å². The van der Waals surface area contributed by atoms with Crippen molar-refractivity contribution in [2.75, 3.05) is 52.1 Å². The number of hydrogen-bond donors (Lipinski definition) is 2. The van der Waals surface area contributed by atoms with E-state index in [4.69, 9.17) is 51.6 Å². The van der Waals surface area contributed by atoms with Crippen LogP contribution >= 0.6 is 23.2 Å². The third-order valence-electron chi connectivity index (χ3n) is 11.0. The molecule has 388 valence electrons. The number of nitrogens with one attached hydrogen (secondary N) is 2. The summed E-state index contributed by atoms with van der Waals surface area (Å²) in [6.07, 6.45) is 10.4. The van der Waals surface area contributed by atoms with Gasteiger partial charge in [-0.15, -0.1) is 20.4 Å². The highest BCUT2D eigenvalue weighted by Crippen LogP contribution is 2.39. The van der Waals surface area contributed by atoms with Gasteiger partial charge < -0.3 is 28.4 Å². The predicted octanol–water partition coefficient (Wildman–Crippen LogP) is 6.62. The van der Waals surface area contributed by atoms with E-state index in [1.54, 1.807) is 85.5 Å². The van der Waals surface area contributed by atoms with E-state index in [0.717, 1.165) is 0 Å². The third kappa shape index (κ3) is 11.7. The van der Waals surface area contributed by atoms with Gasteiger partial charge in [0, 0.05) is 87.1 Å². The highest BCUT2D eigenvalue weighted by atomic mass is 35.5. The minimum absolute atomic E-state index is 0.116. The number of nitrogens with zero attached hydrogens (tertiary/aromatic N) is 12. The number of aromatic nitrogens is 12. The van der Waals surface area contributed by atoms with Crippen LogP contribution in [0.15, 0.2) is 110 Å². The van der Waals surface area contributed by atoms with Gasteiger partial charge in [0.1, 0.15) is 34.2 Å². The summed E-state index contributed by atoms with van der Waals surface area (Å²) in [4.78, 5) is 25.2. The SMILES string of the molecule is COc1ccnc(OC)c1-n1c(NS(=O)(=O)[C@@H](C)[C@H](OC)c2ccc(Cl)cn2)nnc1-c1cccnc1.COc1ccnc(OC)c1-n1c(NS(=O)(=O)[C@@H](C)[C@H](OC)c2ccc(Cl)cn2)nnc1-c1cccnc1. The predicted molar refractivity (Wildman–Crippen MR) is 273 cm³/mol. The van der Waals surface area contributed by atoms with Crippen LogP contribution in [0.1, 0.15) is 37.4 Å². The van der Waals surface area contributed by atoms with Crippen LogP contribution in [-0.4, -0.2) is 129 Å². The van der Waals surface area contributed by atoms with Gasteiger partial charge in [-0.25, -0.2) is 26.8 Å². The zero-order valence-corrected chi connectivity index (χ0v) is 43.9. The van der Waals surface area contributed by atoms with Crippen molar-refractivity contribution >= 4 is 55.1 Å². The van der Waals surface area contributed by atoms with Gasteiger partial charge in [-0.1, -0.05) is 23.2 Å². The maximum absolute atomic E-state index is 13.6. The summed E-state index contributed by atoms with van der Waals surface area (Å²) in [6.45, 7) is 3.00. The van der Waals surface area contributed by atoms with Crippen molar-refractivity contribution < 1.29 is 45.3 Å². The number of methoxy groups -OCH3 is 6. The van der Waals surface area contributed by atoms with Gasteiger partial charge in [-0.2, -0.15) is 0 Å². The average Bonchev–Trinajstić information content (AvgIpc) is 4.03. The molecule has 4 atom stereocenters. The van der Waals surface area contributed by atoms with Crippen LogP contribution in [-0.2, 0) is 29.5 Å². The summed E-state index contributed by atoms with van der Waals surface area (Å²) in [5.74, 6) is 1.37. The van der Waals surface area contributed by atoms with Gasteiger partial charge >= 0.3 is 0 Å². The van der Waals surface area contributed by atoms with Crippen molar-refractivity contribution in [3.63, 3.8) is 0 Å². The van der Waals surface area contributed by atoms with E-state index < -0.39 is 42.8 Å². The first kappa shape index (κ1) is 54.2. The fraction of sp³-hybridized carbons (Fsp3) is 0.261. The molecule has 0 amide bonds. The molecule has 0 fully saturated rings. The lowest BCUT2D eigenvalue weighted by Gasteiger charge is -2.23. The molecule has 8 aromatic rings. The molecule has 8 heterocycles. The number of anilines is 2. The van der Waals surface area contributed by atoms with Gasteiger partial charge in [0.25, 0.3) is 0 Å². The quantitative estimate of drug-likeness (QED) is 0.0811. The van der Waals surface area contributed by atoms with E-state index in [-0.39, 0.29) is 35.3 Å². The van der Waals surface area contributed by atoms with Gasteiger partial charge in [-0.05, 0) is 62.4 Å². The van der Waals surface area contributed by atoms with E-state index >= 15 is 0 Å². The zero-order chi connectivity index (χ0) is 53.2. The molecule has 74 heavy (non-hydrogen) atoms. The first-order chi connectivity index (χ1) is 35.6. The van der Waals surface area contributed by atoms with Crippen molar-refractivity contribution in [2.24, 2.45) is 0 Å². The van der Waals surface area contributed by atoms with E-state index in [0.29, 0.717) is 55.4 Å². The van der Waals surface area contributed by atoms with Crippen molar-refractivity contribution in [3.8, 4) is 57.4 Å². The van der Waals surface area contributed by atoms with Crippen LogP contribution in [0.3, 0.4) is 0 Å². The zero-order valence-electron chi connectivity index (χ0n) is 40.7. The van der Waals surface area contributed by atoms with Crippen LogP contribution < -0.4 is 28.4 Å². The van der Waals surface area contributed by atoms with Crippen LogP contribution in [0.5, 0.6) is 23.3 Å². The monoisotopic (exact) mass is 1090 g/mol. The summed E-state index contributed by atoms with van der Waals surface area (Å²) in [5, 5.41) is 15.4. The summed E-state index contributed by atoms with van der Waals surface area (Å²) in [7, 11) is 0.409. The van der Waals surface area contributed by atoms with Gasteiger partial charge in [0.05, 0.1) is 49.9 Å². The van der Waals surface area contributed by atoms with Crippen LogP contribution in [0.2, 0.25) is 10.0 Å². The number of hydrogen-bond acceptors (Lipinski definition) is 20. The molecule has 24 nitrogen and oxygen atoms in total. The number of halogens is 2. The second kappa shape index (κ2) is 23.9. The first-order valence-corrected chi connectivity index (χ1v) is 25.6. The molecule has 8 aromatic heterocycles. The Morgan fingerprint density at radius 2 is 0.905 bits per heavy atom. The largest absolute Gasteiger partial charge is 0.494 e. The van der Waals surface area contributed by atoms with Gasteiger partial charge in [0.15, 0.2) is 23.0 Å². The molecule has 0 spiro atoms. The maximum atomic E-state index is 13.6. The Labute approximate surface area is 435 Å². The molecule has 28 heteroatoms. The number of sulfonamides is 2. The summed E-state index contributed by atoms with van der Waals surface area (Å²) in [6, 6.07) is 16.6. The molecule has 0 radical (unpaired) electrons. The van der Waals surface area contributed by atoms with E-state index in [2.05, 4.69) is 59.7 Å². The smallest absolute Gasteiger partial charge is 0.243 e. The molecule has 8 rings (SSSR count). The number of ether oxygens (including phenoxy) is 6. The summed E-state index contributed by atoms with van der Waals surface area (Å²) in [5.41, 5.74) is 2.53. The molecule has 0 bridgehead atoms. The van der Waals surface area contributed by atoms with Crippen LogP contribution in [0.4, 0.5) is 11.9 Å². The van der Waals surface area contributed by atoms with Crippen molar-refractivity contribution in [1.29, 1.82) is 0 Å². The van der Waals surface area contributed by atoms with Gasteiger partial charge in [0.2, 0.25) is 43.7 Å². The Kier molecular flexibility index (Phi) is 17.5. The molecule has 0 unspecified atom stereocenters. The molecule has 0 saturated heterocycles. The second-order valence-electron chi connectivity index (χ2n) is 15.4. The Morgan fingerprint density at radius 1 is 0.500 bits per heavy atom. The average molecular weight is 1090 g/mol. The van der Waals surface area contributed by atoms with Crippen molar-refractivity contribution in [1.82, 2.24) is 59.4 Å². The Bertz CT molecular complexity index is 3110. The van der Waals surface area contributed by atoms with Gasteiger partial charge in [-0.3, -0.25) is 38.5 Å². The molecule has 0 saturated carbocycles. The Morgan fingerprint density at radius 3 is 1.22 bits per heavy atom. The third-order valence-corrected chi connectivity index (χ3v) is 14.9. The lowest BCUT2D eigenvalue weighted by atomic mass is 10.2. The summed E-state index contributed by atoms with van der Waals surface area (Å²) >= 11 is 11.9. The van der Waals surface area contributed by atoms with Crippen molar-refractivity contribution in [3.05, 3.63) is 132 Å². The molecule has 0 aliphatic carbocycles. The fourth-order valence-corrected chi connectivity index (χ4v) is 9.87. The maximum Gasteiger partial charge on any atom is 0.243 e. The molecule has 0 aliphatic rings. The second-order valence-corrected chi connectivity index (χ2v) is 20.4. The molecule has 2 N–H and O–H groups in total. The molecular weight excluding hydrogens is 1040 g/mol. The van der Waals surface area contributed by atoms with E-state index in [9.17, 15) is 16.8 Å². The molecular formula is C46H48Cl2N14O10S2. The Hall–Kier alpha value is -7.62. The van der Waals surface area contributed by atoms with Crippen LogP contribution in [0.25, 0.3) is 34.2 Å². The lowest BCUT2D eigenvalue weighted by Crippen LogP contribution is -2.33. The lowest BCUT2D eigenvalue weighted by molar-refractivity contribution is 0.0988. The molecule has 0 aromatic carbocycles. The fourth-order valence-electron chi connectivity index (χ4n) is 7.35. The standard InChI is InChI=1S/2C23H24ClN7O5S/c2*1-14(20(35-3)17-8-7-16(24)13-27-17)37(32,33)30-23-29-28-21(15-6-5-10-25-12-15)31(23)19-18(34-2)9-11-26-22(19)36-4/h2*5-14,20H,1-4H3,(H,29,30)/t2*14-,20-/m00/s1. The van der Waals surface area contributed by atoms with Crippen LogP contribution in [0, 0.1) is 0 Å². The molecule has 0 aliphatic heterocycles. The minimum Gasteiger partial charge on any atom is -0.494 e. The Balaban J connectivity index is 0.000000216. The van der Waals surface area contributed by atoms with E-state index in [1.165, 1.54) is 90.4 Å². The first-order valence-electron chi connectivity index (χ1n) is 21.8. The minimum atomic E-state index is -4.11. The normalized spacial score (nSPS) is 13.1. The van der Waals surface area contributed by atoms with E-state index in [1.807, 2.05) is 0 Å². The highest BCUT2D eigenvalue weighted by molar-refractivity contribution is 7.93.